The van der Waals surface area contributed by atoms with Crippen molar-refractivity contribution in [3.05, 3.63) is 29.3 Å². The minimum absolute atomic E-state index is 0.196. The van der Waals surface area contributed by atoms with Gasteiger partial charge in [-0.1, -0.05) is 12.1 Å². The Labute approximate surface area is 137 Å². The Hall–Kier alpha value is -1.59. The van der Waals surface area contributed by atoms with Crippen LogP contribution in [0.5, 0.6) is 0 Å². The summed E-state index contributed by atoms with van der Waals surface area (Å²) in [6, 6.07) is 7.30. The van der Waals surface area contributed by atoms with Gasteiger partial charge in [0.15, 0.2) is 0 Å². The lowest BCUT2D eigenvalue weighted by Crippen LogP contribution is -2.45. The van der Waals surface area contributed by atoms with Crippen LogP contribution in [0.3, 0.4) is 0 Å². The topological polar surface area (TPSA) is 53.0 Å². The summed E-state index contributed by atoms with van der Waals surface area (Å²) in [6.07, 6.45) is 5.00. The number of carbonyl (C=O) groups is 1. The van der Waals surface area contributed by atoms with Gasteiger partial charge in [0.25, 0.3) is 0 Å². The molecule has 1 N–H and O–H groups in total. The molecular formula is C18H26N2O3. The molecule has 2 heterocycles. The Morgan fingerprint density at radius 2 is 2.09 bits per heavy atom. The smallest absolute Gasteiger partial charge is 0.219 e. The molecule has 126 valence electrons. The fourth-order valence-electron chi connectivity index (χ4n) is 3.85. The summed E-state index contributed by atoms with van der Waals surface area (Å²) in [5.41, 5.74) is 4.11. The fourth-order valence-corrected chi connectivity index (χ4v) is 3.85. The van der Waals surface area contributed by atoms with Gasteiger partial charge in [0.1, 0.15) is 0 Å². The van der Waals surface area contributed by atoms with Crippen LogP contribution in [0.1, 0.15) is 37.3 Å². The van der Waals surface area contributed by atoms with E-state index >= 15 is 0 Å². The Bertz CT molecular complexity index is 553. The zero-order valence-electron chi connectivity index (χ0n) is 13.8. The Morgan fingerprint density at radius 1 is 1.30 bits per heavy atom. The van der Waals surface area contributed by atoms with Crippen molar-refractivity contribution in [3.63, 3.8) is 0 Å². The van der Waals surface area contributed by atoms with E-state index in [-0.39, 0.29) is 5.91 Å². The standard InChI is InChI=1S/C18H26N2O3/c1-14(21)19-9-7-17(8-10-19)20-11-6-16-13-15(3-2-12-23-22)4-5-18(16)20/h4-5,13,17,22H,2-3,6-12H2,1H3. The average Bonchev–Trinajstić information content (AvgIpc) is 2.98. The fraction of sp³-hybridized carbons (Fsp3) is 0.611. The van der Waals surface area contributed by atoms with Crippen LogP contribution in [0.4, 0.5) is 5.69 Å². The highest BCUT2D eigenvalue weighted by molar-refractivity contribution is 5.73. The molecule has 5 heteroatoms. The molecule has 0 aliphatic carbocycles. The number of anilines is 1. The highest BCUT2D eigenvalue weighted by Crippen LogP contribution is 2.33. The number of hydrogen-bond acceptors (Lipinski definition) is 4. The van der Waals surface area contributed by atoms with Gasteiger partial charge in [-0.2, -0.15) is 0 Å². The largest absolute Gasteiger partial charge is 0.368 e. The molecule has 1 saturated heterocycles. The van der Waals surface area contributed by atoms with Crippen molar-refractivity contribution in [2.45, 2.75) is 45.1 Å². The number of benzene rings is 1. The molecular weight excluding hydrogens is 292 g/mol. The minimum atomic E-state index is 0.196. The van der Waals surface area contributed by atoms with E-state index in [1.807, 2.05) is 4.90 Å². The quantitative estimate of drug-likeness (QED) is 0.515. The predicted octanol–water partition coefficient (Wildman–Crippen LogP) is 2.48. The zero-order valence-corrected chi connectivity index (χ0v) is 13.8. The van der Waals surface area contributed by atoms with Gasteiger partial charge in [-0.3, -0.25) is 10.1 Å². The first kappa shape index (κ1) is 16.3. The van der Waals surface area contributed by atoms with Gasteiger partial charge in [0.2, 0.25) is 5.91 Å². The molecule has 0 atom stereocenters. The first-order chi connectivity index (χ1) is 11.2. The number of aryl methyl sites for hydroxylation is 1. The van der Waals surface area contributed by atoms with Crippen LogP contribution in [0, 0.1) is 0 Å². The zero-order chi connectivity index (χ0) is 16.2. The number of rotatable bonds is 5. The van der Waals surface area contributed by atoms with Crippen molar-refractivity contribution < 1.29 is 14.9 Å². The second kappa shape index (κ2) is 7.32. The maximum Gasteiger partial charge on any atom is 0.219 e. The van der Waals surface area contributed by atoms with E-state index in [9.17, 15) is 4.79 Å². The molecule has 1 fully saturated rings. The van der Waals surface area contributed by atoms with Crippen molar-refractivity contribution in [2.24, 2.45) is 0 Å². The molecule has 0 saturated carbocycles. The monoisotopic (exact) mass is 318 g/mol. The number of carbonyl (C=O) groups excluding carboxylic acids is 1. The van der Waals surface area contributed by atoms with Gasteiger partial charge in [-0.05, 0) is 49.3 Å². The summed E-state index contributed by atoms with van der Waals surface area (Å²) in [6.45, 7) is 4.90. The van der Waals surface area contributed by atoms with Gasteiger partial charge >= 0.3 is 0 Å². The Balaban J connectivity index is 1.62. The molecule has 1 amide bonds. The number of piperidine rings is 1. The van der Waals surface area contributed by atoms with Gasteiger partial charge < -0.3 is 9.80 Å². The van der Waals surface area contributed by atoms with Crippen molar-refractivity contribution in [3.8, 4) is 0 Å². The van der Waals surface area contributed by atoms with E-state index < -0.39 is 0 Å². The van der Waals surface area contributed by atoms with Crippen LogP contribution in [0.25, 0.3) is 0 Å². The molecule has 2 aliphatic heterocycles. The third-order valence-electron chi connectivity index (χ3n) is 5.13. The number of fused-ring (bicyclic) bond motifs is 1. The normalized spacial score (nSPS) is 18.3. The van der Waals surface area contributed by atoms with E-state index in [0.717, 1.165) is 51.7 Å². The summed E-state index contributed by atoms with van der Waals surface area (Å²) in [5.74, 6) is 0.196. The SMILES string of the molecule is CC(=O)N1CCC(N2CCc3cc(CCCOO)ccc32)CC1. The van der Waals surface area contributed by atoms with E-state index in [2.05, 4.69) is 28.0 Å². The first-order valence-corrected chi connectivity index (χ1v) is 8.59. The molecule has 0 radical (unpaired) electrons. The van der Waals surface area contributed by atoms with E-state index in [1.165, 1.54) is 16.8 Å². The van der Waals surface area contributed by atoms with Crippen LogP contribution in [-0.4, -0.2) is 48.3 Å². The number of amides is 1. The third-order valence-corrected chi connectivity index (χ3v) is 5.13. The second-order valence-corrected chi connectivity index (χ2v) is 6.58. The van der Waals surface area contributed by atoms with E-state index in [4.69, 9.17) is 5.26 Å². The maximum atomic E-state index is 11.5. The van der Waals surface area contributed by atoms with Gasteiger partial charge in [0.05, 0.1) is 6.61 Å². The average molecular weight is 318 g/mol. The molecule has 2 aliphatic rings. The summed E-state index contributed by atoms with van der Waals surface area (Å²) in [4.78, 5) is 20.1. The van der Waals surface area contributed by atoms with Crippen LogP contribution in [-0.2, 0) is 22.5 Å². The van der Waals surface area contributed by atoms with Gasteiger partial charge in [-0.25, -0.2) is 4.89 Å². The second-order valence-electron chi connectivity index (χ2n) is 6.58. The molecule has 0 unspecified atom stereocenters. The van der Waals surface area contributed by atoms with Crippen molar-refractivity contribution in [2.75, 3.05) is 31.1 Å². The first-order valence-electron chi connectivity index (χ1n) is 8.59. The number of nitrogens with zero attached hydrogens (tertiary/aromatic N) is 2. The third kappa shape index (κ3) is 3.67. The van der Waals surface area contributed by atoms with E-state index in [1.54, 1.807) is 6.92 Å². The molecule has 1 aromatic carbocycles. The number of hydrogen-bond donors (Lipinski definition) is 1. The molecule has 0 bridgehead atoms. The summed E-state index contributed by atoms with van der Waals surface area (Å²) >= 11 is 0. The number of likely N-dealkylation sites (tertiary alicyclic amines) is 1. The van der Waals surface area contributed by atoms with Crippen molar-refractivity contribution in [1.82, 2.24) is 4.90 Å². The van der Waals surface area contributed by atoms with Crippen LogP contribution in [0.15, 0.2) is 18.2 Å². The van der Waals surface area contributed by atoms with Crippen molar-refractivity contribution >= 4 is 11.6 Å². The lowest BCUT2D eigenvalue weighted by molar-refractivity contribution is -0.242. The molecule has 0 aromatic heterocycles. The van der Waals surface area contributed by atoms with Crippen LogP contribution in [0.2, 0.25) is 0 Å². The van der Waals surface area contributed by atoms with E-state index in [0.29, 0.717) is 12.6 Å². The predicted molar refractivity (Wildman–Crippen MR) is 89.7 cm³/mol. The highest BCUT2D eigenvalue weighted by atomic mass is 17.1. The van der Waals surface area contributed by atoms with Crippen LogP contribution < -0.4 is 4.90 Å². The summed E-state index contributed by atoms with van der Waals surface area (Å²) in [7, 11) is 0. The lowest BCUT2D eigenvalue weighted by atomic mass is 10.0. The maximum absolute atomic E-state index is 11.5. The Morgan fingerprint density at radius 3 is 2.78 bits per heavy atom. The molecule has 1 aromatic rings. The minimum Gasteiger partial charge on any atom is -0.368 e. The molecule has 3 rings (SSSR count). The van der Waals surface area contributed by atoms with Gasteiger partial charge in [-0.15, -0.1) is 0 Å². The Kier molecular flexibility index (Phi) is 5.18. The highest BCUT2D eigenvalue weighted by Gasteiger charge is 2.29. The lowest BCUT2D eigenvalue weighted by Gasteiger charge is -2.37. The summed E-state index contributed by atoms with van der Waals surface area (Å²) in [5, 5.41) is 8.40. The molecule has 5 nitrogen and oxygen atoms in total. The van der Waals surface area contributed by atoms with Gasteiger partial charge in [0, 0.05) is 38.3 Å². The van der Waals surface area contributed by atoms with Crippen molar-refractivity contribution in [1.29, 1.82) is 0 Å². The van der Waals surface area contributed by atoms with Crippen LogP contribution >= 0.6 is 0 Å². The summed E-state index contributed by atoms with van der Waals surface area (Å²) < 4.78 is 0. The molecule has 0 spiro atoms. The molecule has 23 heavy (non-hydrogen) atoms.